The Morgan fingerprint density at radius 3 is 2.53 bits per heavy atom. The van der Waals surface area contributed by atoms with E-state index in [2.05, 4.69) is 10.4 Å². The molecular weight excluding hydrogens is 422 g/mol. The lowest BCUT2D eigenvalue weighted by Crippen LogP contribution is -2.38. The Hall–Kier alpha value is -2.61. The monoisotopic (exact) mass is 445 g/mol. The van der Waals surface area contributed by atoms with Gasteiger partial charge in [-0.3, -0.25) is 10.2 Å². The maximum atomic E-state index is 12.8. The van der Waals surface area contributed by atoms with E-state index in [1.165, 1.54) is 11.3 Å². The van der Waals surface area contributed by atoms with Gasteiger partial charge in [0, 0.05) is 18.6 Å². The minimum atomic E-state index is -0.223. The number of hydrogen-bond donors (Lipinski definition) is 2. The van der Waals surface area contributed by atoms with Crippen molar-refractivity contribution in [1.82, 2.24) is 15.4 Å². The SMILES string of the molecule is COc1cc(Cl)ccc1-c1nc(C)c(C(=O)NN(C)Cc2cc(C)c(O)c(C)c2)s1. The fourth-order valence-electron chi connectivity index (χ4n) is 3.24. The molecule has 0 radical (unpaired) electrons. The van der Waals surface area contributed by atoms with Crippen LogP contribution < -0.4 is 10.2 Å². The van der Waals surface area contributed by atoms with Gasteiger partial charge in [0.25, 0.3) is 5.91 Å². The number of amides is 1. The number of carbonyl (C=O) groups is 1. The summed E-state index contributed by atoms with van der Waals surface area (Å²) in [6.45, 7) is 6.03. The first-order valence-corrected chi connectivity index (χ1v) is 10.5. The summed E-state index contributed by atoms with van der Waals surface area (Å²) in [5.74, 6) is 0.688. The third-order valence-corrected chi connectivity index (χ3v) is 6.08. The van der Waals surface area contributed by atoms with Gasteiger partial charge in [0.2, 0.25) is 0 Å². The number of hydrazine groups is 1. The van der Waals surface area contributed by atoms with Gasteiger partial charge < -0.3 is 9.84 Å². The van der Waals surface area contributed by atoms with Crippen molar-refractivity contribution in [3.63, 3.8) is 0 Å². The lowest BCUT2D eigenvalue weighted by atomic mass is 10.1. The molecule has 0 saturated heterocycles. The molecule has 0 atom stereocenters. The first kappa shape index (κ1) is 22.1. The van der Waals surface area contributed by atoms with Gasteiger partial charge in [0.1, 0.15) is 21.4 Å². The molecule has 0 saturated carbocycles. The maximum Gasteiger partial charge on any atom is 0.277 e. The highest BCUT2D eigenvalue weighted by atomic mass is 35.5. The fourth-order valence-corrected chi connectivity index (χ4v) is 4.39. The molecule has 1 heterocycles. The number of hydrogen-bond acceptors (Lipinski definition) is 6. The van der Waals surface area contributed by atoms with Crippen LogP contribution in [0.5, 0.6) is 11.5 Å². The molecule has 3 rings (SSSR count). The molecule has 0 unspecified atom stereocenters. The number of thiazole rings is 1. The Labute approximate surface area is 185 Å². The average molecular weight is 446 g/mol. The lowest BCUT2D eigenvalue weighted by molar-refractivity contribution is 0.0823. The number of phenols is 1. The van der Waals surface area contributed by atoms with Crippen LogP contribution in [0.3, 0.4) is 0 Å². The first-order valence-electron chi connectivity index (χ1n) is 9.32. The van der Waals surface area contributed by atoms with Crippen molar-refractivity contribution in [3.8, 4) is 22.1 Å². The first-order chi connectivity index (χ1) is 14.2. The number of nitrogens with zero attached hydrogens (tertiary/aromatic N) is 2. The standard InChI is InChI=1S/C22H24ClN3O3S/c1-12-8-15(9-13(2)19(12)27)11-26(4)25-21(28)20-14(3)24-22(30-20)17-7-6-16(23)10-18(17)29-5/h6-10,27H,11H2,1-5H3,(H,25,28). The molecule has 0 aliphatic heterocycles. The lowest BCUT2D eigenvalue weighted by Gasteiger charge is -2.18. The molecule has 0 aliphatic rings. The van der Waals surface area contributed by atoms with Crippen molar-refractivity contribution >= 4 is 28.8 Å². The topological polar surface area (TPSA) is 74.7 Å². The van der Waals surface area contributed by atoms with E-state index in [9.17, 15) is 9.90 Å². The Morgan fingerprint density at radius 2 is 1.90 bits per heavy atom. The van der Waals surface area contributed by atoms with E-state index < -0.39 is 0 Å². The minimum Gasteiger partial charge on any atom is -0.507 e. The van der Waals surface area contributed by atoms with E-state index in [0.29, 0.717) is 38.6 Å². The summed E-state index contributed by atoms with van der Waals surface area (Å²) in [6, 6.07) is 9.15. The Bertz CT molecular complexity index is 1070. The summed E-state index contributed by atoms with van der Waals surface area (Å²) in [4.78, 5) is 17.9. The molecule has 8 heteroatoms. The third-order valence-electron chi connectivity index (χ3n) is 4.66. The van der Waals surface area contributed by atoms with Crippen LogP contribution in [0.4, 0.5) is 0 Å². The van der Waals surface area contributed by atoms with E-state index in [1.54, 1.807) is 31.3 Å². The van der Waals surface area contributed by atoms with Gasteiger partial charge in [-0.2, -0.15) is 0 Å². The number of methoxy groups -OCH3 is 1. The van der Waals surface area contributed by atoms with Crippen molar-refractivity contribution in [2.24, 2.45) is 0 Å². The molecule has 1 amide bonds. The molecule has 0 bridgehead atoms. The molecule has 2 aromatic carbocycles. The van der Waals surface area contributed by atoms with E-state index >= 15 is 0 Å². The van der Waals surface area contributed by atoms with Crippen molar-refractivity contribution in [2.75, 3.05) is 14.2 Å². The summed E-state index contributed by atoms with van der Waals surface area (Å²) in [5.41, 5.74) is 6.95. The van der Waals surface area contributed by atoms with E-state index in [1.807, 2.05) is 39.0 Å². The van der Waals surface area contributed by atoms with Crippen molar-refractivity contribution in [2.45, 2.75) is 27.3 Å². The van der Waals surface area contributed by atoms with Crippen LogP contribution in [0.15, 0.2) is 30.3 Å². The number of phenolic OH excluding ortho intramolecular Hbond substituents is 1. The van der Waals surface area contributed by atoms with E-state index in [4.69, 9.17) is 16.3 Å². The number of carbonyl (C=O) groups excluding carboxylic acids is 1. The molecule has 158 valence electrons. The molecule has 0 spiro atoms. The van der Waals surface area contributed by atoms with Gasteiger partial charge in [-0.1, -0.05) is 23.7 Å². The summed E-state index contributed by atoms with van der Waals surface area (Å²) in [7, 11) is 3.37. The zero-order chi connectivity index (χ0) is 22.0. The van der Waals surface area contributed by atoms with Crippen molar-refractivity contribution in [1.29, 1.82) is 0 Å². The highest BCUT2D eigenvalue weighted by Crippen LogP contribution is 2.36. The number of benzene rings is 2. The van der Waals surface area contributed by atoms with Crippen molar-refractivity contribution in [3.05, 3.63) is 62.6 Å². The number of nitrogens with one attached hydrogen (secondary N) is 1. The van der Waals surface area contributed by atoms with E-state index in [0.717, 1.165) is 22.3 Å². The maximum absolute atomic E-state index is 12.8. The molecule has 0 aliphatic carbocycles. The summed E-state index contributed by atoms with van der Waals surface area (Å²) >= 11 is 7.35. The average Bonchev–Trinajstić information content (AvgIpc) is 3.07. The normalized spacial score (nSPS) is 11.0. The summed E-state index contributed by atoms with van der Waals surface area (Å²) < 4.78 is 5.40. The van der Waals surface area contributed by atoms with Crippen LogP contribution in [-0.4, -0.2) is 35.2 Å². The van der Waals surface area contributed by atoms with Gasteiger partial charge in [-0.15, -0.1) is 11.3 Å². The Balaban J connectivity index is 1.76. The van der Waals surface area contributed by atoms with E-state index in [-0.39, 0.29) is 5.91 Å². The number of aromatic nitrogens is 1. The summed E-state index contributed by atoms with van der Waals surface area (Å²) in [5, 5.41) is 12.9. The van der Waals surface area contributed by atoms with Gasteiger partial charge in [-0.25, -0.2) is 9.99 Å². The van der Waals surface area contributed by atoms with Crippen LogP contribution in [0.2, 0.25) is 5.02 Å². The quantitative estimate of drug-likeness (QED) is 0.529. The molecule has 0 fully saturated rings. The smallest absolute Gasteiger partial charge is 0.277 e. The third kappa shape index (κ3) is 4.75. The predicted octanol–water partition coefficient (Wildman–Crippen LogP) is 4.88. The molecule has 3 aromatic rings. The van der Waals surface area contributed by atoms with Crippen LogP contribution in [-0.2, 0) is 6.54 Å². The van der Waals surface area contributed by atoms with Gasteiger partial charge in [0.05, 0.1) is 18.4 Å². The van der Waals surface area contributed by atoms with Gasteiger partial charge in [-0.05, 0) is 55.7 Å². The number of ether oxygens (including phenoxy) is 1. The number of halogens is 1. The minimum absolute atomic E-state index is 0.223. The van der Waals surface area contributed by atoms with Gasteiger partial charge in [0.15, 0.2) is 0 Å². The second-order valence-electron chi connectivity index (χ2n) is 7.15. The molecular formula is C22H24ClN3O3S. The van der Waals surface area contributed by atoms with Crippen LogP contribution >= 0.6 is 22.9 Å². The van der Waals surface area contributed by atoms with Crippen molar-refractivity contribution < 1.29 is 14.6 Å². The number of rotatable bonds is 6. The zero-order valence-electron chi connectivity index (χ0n) is 17.5. The molecule has 1 aromatic heterocycles. The van der Waals surface area contributed by atoms with Crippen LogP contribution in [0, 0.1) is 20.8 Å². The fraction of sp³-hybridized carbons (Fsp3) is 0.273. The molecule has 6 nitrogen and oxygen atoms in total. The number of aryl methyl sites for hydroxylation is 3. The predicted molar refractivity (Wildman–Crippen MR) is 120 cm³/mol. The van der Waals surface area contributed by atoms with Crippen LogP contribution in [0.1, 0.15) is 32.1 Å². The second-order valence-corrected chi connectivity index (χ2v) is 8.59. The van der Waals surface area contributed by atoms with Crippen LogP contribution in [0.25, 0.3) is 10.6 Å². The van der Waals surface area contributed by atoms with Gasteiger partial charge >= 0.3 is 0 Å². The summed E-state index contributed by atoms with van der Waals surface area (Å²) in [6.07, 6.45) is 0. The Kier molecular flexibility index (Phi) is 6.65. The molecule has 30 heavy (non-hydrogen) atoms. The second kappa shape index (κ2) is 9.04. The zero-order valence-corrected chi connectivity index (χ0v) is 19.1. The Morgan fingerprint density at radius 1 is 1.23 bits per heavy atom. The largest absolute Gasteiger partial charge is 0.507 e. The highest BCUT2D eigenvalue weighted by Gasteiger charge is 2.19. The number of aromatic hydroxyl groups is 1. The molecule has 2 N–H and O–H groups in total. The highest BCUT2D eigenvalue weighted by molar-refractivity contribution is 7.17.